The van der Waals surface area contributed by atoms with E-state index in [4.69, 9.17) is 4.74 Å². The third-order valence-electron chi connectivity index (χ3n) is 2.91. The van der Waals surface area contributed by atoms with E-state index in [1.165, 1.54) is 25.3 Å². The van der Waals surface area contributed by atoms with Crippen LogP contribution in [0.4, 0.5) is 0 Å². The first-order chi connectivity index (χ1) is 10.3. The van der Waals surface area contributed by atoms with E-state index in [1.54, 1.807) is 0 Å². The first kappa shape index (κ1) is 16.0. The summed E-state index contributed by atoms with van der Waals surface area (Å²) in [4.78, 5) is 15.6. The highest BCUT2D eigenvalue weighted by Crippen LogP contribution is 2.14. The van der Waals surface area contributed by atoms with Crippen LogP contribution in [0.15, 0.2) is 29.3 Å². The van der Waals surface area contributed by atoms with Gasteiger partial charge in [-0.2, -0.15) is 5.10 Å². The summed E-state index contributed by atoms with van der Waals surface area (Å²) in [7, 11) is -2.60. The van der Waals surface area contributed by atoms with E-state index in [1.807, 2.05) is 18.6 Å². The minimum atomic E-state index is -4.02. The van der Waals surface area contributed by atoms with Crippen molar-refractivity contribution in [3.05, 3.63) is 35.8 Å². The molecule has 2 heterocycles. The van der Waals surface area contributed by atoms with Crippen LogP contribution in [-0.2, 0) is 10.0 Å². The van der Waals surface area contributed by atoms with Gasteiger partial charge in [0.25, 0.3) is 15.9 Å². The average Bonchev–Trinajstić information content (AvgIpc) is 2.97. The Kier molecular flexibility index (Phi) is 4.45. The van der Waals surface area contributed by atoms with E-state index in [2.05, 4.69) is 15.2 Å². The highest BCUT2D eigenvalue weighted by atomic mass is 32.2. The maximum Gasteiger partial charge on any atom is 0.285 e. The lowest BCUT2D eigenvalue weighted by Crippen LogP contribution is -2.30. The zero-order valence-electron chi connectivity index (χ0n) is 12.3. The smallest absolute Gasteiger partial charge is 0.285 e. The van der Waals surface area contributed by atoms with Gasteiger partial charge in [0.1, 0.15) is 4.90 Å². The van der Waals surface area contributed by atoms with Crippen molar-refractivity contribution in [1.29, 1.82) is 0 Å². The van der Waals surface area contributed by atoms with Gasteiger partial charge >= 0.3 is 0 Å². The Morgan fingerprint density at radius 2 is 2.09 bits per heavy atom. The van der Waals surface area contributed by atoms with E-state index in [0.29, 0.717) is 0 Å². The fourth-order valence-electron chi connectivity index (χ4n) is 1.63. The molecule has 0 radical (unpaired) electrons. The van der Waals surface area contributed by atoms with E-state index in [9.17, 15) is 13.2 Å². The number of rotatable bonds is 5. The third kappa shape index (κ3) is 3.42. The zero-order valence-corrected chi connectivity index (χ0v) is 13.1. The molecule has 0 atom stereocenters. The monoisotopic (exact) mass is 324 g/mol. The van der Waals surface area contributed by atoms with Gasteiger partial charge in [0, 0.05) is 11.8 Å². The van der Waals surface area contributed by atoms with Gasteiger partial charge in [0.05, 0.1) is 13.3 Å². The normalized spacial score (nSPS) is 11.5. The number of hydrogen-bond acceptors (Lipinski definition) is 6. The summed E-state index contributed by atoms with van der Waals surface area (Å²) >= 11 is 0. The predicted molar refractivity (Wildman–Crippen MR) is 78.1 cm³/mol. The second kappa shape index (κ2) is 6.14. The molecule has 118 valence electrons. The molecule has 2 aromatic heterocycles. The molecular formula is C13H16N4O4S. The molecule has 1 amide bonds. The van der Waals surface area contributed by atoms with Gasteiger partial charge in [-0.05, 0) is 18.1 Å². The molecule has 0 aliphatic rings. The van der Waals surface area contributed by atoms with Crippen LogP contribution in [0.1, 0.15) is 35.9 Å². The highest BCUT2D eigenvalue weighted by molar-refractivity contribution is 7.90. The largest absolute Gasteiger partial charge is 0.481 e. The number of hydrogen-bond donors (Lipinski definition) is 2. The van der Waals surface area contributed by atoms with E-state index >= 15 is 0 Å². The Labute approximate surface area is 128 Å². The number of nitrogens with one attached hydrogen (secondary N) is 2. The number of pyridine rings is 1. The Morgan fingerprint density at radius 1 is 1.36 bits per heavy atom. The predicted octanol–water partition coefficient (Wildman–Crippen LogP) is 1.06. The van der Waals surface area contributed by atoms with Crippen molar-refractivity contribution < 1.29 is 17.9 Å². The lowest BCUT2D eigenvalue weighted by atomic mass is 10.1. The number of aromatic nitrogens is 3. The summed E-state index contributed by atoms with van der Waals surface area (Å²) in [6.07, 6.45) is 1.11. The molecule has 0 aliphatic heterocycles. The topological polar surface area (TPSA) is 114 Å². The van der Waals surface area contributed by atoms with Gasteiger partial charge in [-0.15, -0.1) is 0 Å². The van der Waals surface area contributed by atoms with Gasteiger partial charge < -0.3 is 4.74 Å². The second-order valence-corrected chi connectivity index (χ2v) is 6.52. The van der Waals surface area contributed by atoms with Gasteiger partial charge in [-0.3, -0.25) is 9.89 Å². The molecule has 0 unspecified atom stereocenters. The fraction of sp³-hybridized carbons (Fsp3) is 0.308. The van der Waals surface area contributed by atoms with Crippen molar-refractivity contribution in [3.63, 3.8) is 0 Å². The first-order valence-corrected chi connectivity index (χ1v) is 7.94. The molecule has 8 nitrogen and oxygen atoms in total. The van der Waals surface area contributed by atoms with Gasteiger partial charge in [0.15, 0.2) is 5.69 Å². The standard InChI is InChI=1S/C13H16N4O4S/c1-8(2)10-6-11(16-15-10)13(18)17-22(19,20)9-4-5-12(21-3)14-7-9/h4-8H,1-3H3,(H,15,16)(H,17,18). The Hall–Kier alpha value is -2.42. The van der Waals surface area contributed by atoms with E-state index < -0.39 is 15.9 Å². The van der Waals surface area contributed by atoms with E-state index in [0.717, 1.165) is 11.9 Å². The van der Waals surface area contributed by atoms with Crippen molar-refractivity contribution in [2.75, 3.05) is 7.11 Å². The molecule has 2 aromatic rings. The van der Waals surface area contributed by atoms with Crippen LogP contribution >= 0.6 is 0 Å². The zero-order chi connectivity index (χ0) is 16.3. The van der Waals surface area contributed by atoms with Crippen molar-refractivity contribution in [1.82, 2.24) is 19.9 Å². The van der Waals surface area contributed by atoms with Gasteiger partial charge in [-0.1, -0.05) is 13.8 Å². The Bertz CT molecular complexity index is 766. The molecule has 0 saturated carbocycles. The number of ether oxygens (including phenoxy) is 1. The van der Waals surface area contributed by atoms with Crippen LogP contribution in [-0.4, -0.2) is 36.6 Å². The molecule has 0 aliphatic carbocycles. The lowest BCUT2D eigenvalue weighted by molar-refractivity contribution is 0.0976. The lowest BCUT2D eigenvalue weighted by Gasteiger charge is -2.05. The molecule has 2 N–H and O–H groups in total. The van der Waals surface area contributed by atoms with Crippen LogP contribution in [0.2, 0.25) is 0 Å². The summed E-state index contributed by atoms with van der Waals surface area (Å²) in [6, 6.07) is 4.21. The quantitative estimate of drug-likeness (QED) is 0.850. The minimum Gasteiger partial charge on any atom is -0.481 e. The number of H-pyrrole nitrogens is 1. The van der Waals surface area contributed by atoms with Crippen molar-refractivity contribution in [3.8, 4) is 5.88 Å². The van der Waals surface area contributed by atoms with Crippen molar-refractivity contribution in [2.24, 2.45) is 0 Å². The summed E-state index contributed by atoms with van der Waals surface area (Å²) in [6.45, 7) is 3.85. The second-order valence-electron chi connectivity index (χ2n) is 4.83. The van der Waals surface area contributed by atoms with Crippen molar-refractivity contribution >= 4 is 15.9 Å². The molecule has 9 heteroatoms. The average molecular weight is 324 g/mol. The summed E-state index contributed by atoms with van der Waals surface area (Å²) in [5.41, 5.74) is 0.752. The van der Waals surface area contributed by atoms with Gasteiger partial charge in [0.2, 0.25) is 5.88 Å². The Morgan fingerprint density at radius 3 is 2.59 bits per heavy atom. The number of carbonyl (C=O) groups excluding carboxylic acids is 1. The minimum absolute atomic E-state index is 0.00810. The van der Waals surface area contributed by atoms with Crippen LogP contribution in [0.25, 0.3) is 0 Å². The Balaban J connectivity index is 2.17. The molecule has 0 saturated heterocycles. The summed E-state index contributed by atoms with van der Waals surface area (Å²) in [5, 5.41) is 6.50. The molecule has 0 aromatic carbocycles. The molecule has 0 bridgehead atoms. The summed E-state index contributed by atoms with van der Waals surface area (Å²) < 4.78 is 31.0. The molecular weight excluding hydrogens is 308 g/mol. The van der Waals surface area contributed by atoms with Crippen LogP contribution in [0.5, 0.6) is 5.88 Å². The van der Waals surface area contributed by atoms with Gasteiger partial charge in [-0.25, -0.2) is 18.1 Å². The number of amides is 1. The van der Waals surface area contributed by atoms with E-state index in [-0.39, 0.29) is 22.4 Å². The maximum atomic E-state index is 12.1. The number of nitrogens with zero attached hydrogens (tertiary/aromatic N) is 2. The molecule has 2 rings (SSSR count). The fourth-order valence-corrected chi connectivity index (χ4v) is 2.53. The highest BCUT2D eigenvalue weighted by Gasteiger charge is 2.21. The van der Waals surface area contributed by atoms with Crippen LogP contribution in [0, 0.1) is 0 Å². The molecule has 0 fully saturated rings. The van der Waals surface area contributed by atoms with Crippen LogP contribution in [0.3, 0.4) is 0 Å². The molecule has 22 heavy (non-hydrogen) atoms. The number of sulfonamides is 1. The maximum absolute atomic E-state index is 12.1. The first-order valence-electron chi connectivity index (χ1n) is 6.46. The summed E-state index contributed by atoms with van der Waals surface area (Å²) in [5.74, 6) is -0.380. The number of carbonyl (C=O) groups is 1. The third-order valence-corrected chi connectivity index (χ3v) is 4.22. The number of methoxy groups -OCH3 is 1. The molecule has 0 spiro atoms. The van der Waals surface area contributed by atoms with Crippen molar-refractivity contribution in [2.45, 2.75) is 24.7 Å². The van der Waals surface area contributed by atoms with Crippen LogP contribution < -0.4 is 9.46 Å². The SMILES string of the molecule is COc1ccc(S(=O)(=O)NC(=O)c2cc(C(C)C)[nH]n2)cn1. The number of aromatic amines is 1.